The second-order valence-electron chi connectivity index (χ2n) is 4.16. The Morgan fingerprint density at radius 3 is 2.94 bits per heavy atom. The van der Waals surface area contributed by atoms with E-state index in [0.29, 0.717) is 23.4 Å². The fourth-order valence-corrected chi connectivity index (χ4v) is 1.71. The van der Waals surface area contributed by atoms with Gasteiger partial charge in [-0.1, -0.05) is 11.6 Å². The smallest absolute Gasteiger partial charge is 0.255 e. The van der Waals surface area contributed by atoms with E-state index >= 15 is 0 Å². The van der Waals surface area contributed by atoms with Crippen LogP contribution in [-0.4, -0.2) is 18.6 Å². The number of amides is 1. The van der Waals surface area contributed by atoms with Crippen LogP contribution in [0.25, 0.3) is 0 Å². The SMILES string of the molecule is NC(=O)COc1ccc(Cl)cc1CNC1CC1. The van der Waals surface area contributed by atoms with Crippen molar-refractivity contribution in [3.8, 4) is 5.75 Å². The summed E-state index contributed by atoms with van der Waals surface area (Å²) in [7, 11) is 0. The van der Waals surface area contributed by atoms with Crippen molar-refractivity contribution < 1.29 is 9.53 Å². The number of primary amides is 1. The molecule has 0 spiro atoms. The predicted octanol–water partition coefficient (Wildman–Crippen LogP) is 1.46. The molecular formula is C12H15ClN2O2. The van der Waals surface area contributed by atoms with Crippen LogP contribution >= 0.6 is 11.6 Å². The highest BCUT2D eigenvalue weighted by Crippen LogP contribution is 2.25. The molecule has 1 aliphatic rings. The summed E-state index contributed by atoms with van der Waals surface area (Å²) in [4.78, 5) is 10.7. The molecule has 0 atom stereocenters. The summed E-state index contributed by atoms with van der Waals surface area (Å²) in [5, 5.41) is 4.03. The minimum absolute atomic E-state index is 0.113. The fourth-order valence-electron chi connectivity index (χ4n) is 1.52. The molecule has 1 aromatic carbocycles. The first kappa shape index (κ1) is 12.2. The van der Waals surface area contributed by atoms with Gasteiger partial charge in [0.05, 0.1) is 0 Å². The van der Waals surface area contributed by atoms with E-state index in [9.17, 15) is 4.79 Å². The minimum Gasteiger partial charge on any atom is -0.483 e. The predicted molar refractivity (Wildman–Crippen MR) is 66.0 cm³/mol. The van der Waals surface area contributed by atoms with Crippen LogP contribution in [-0.2, 0) is 11.3 Å². The van der Waals surface area contributed by atoms with E-state index < -0.39 is 5.91 Å². The highest BCUT2D eigenvalue weighted by Gasteiger charge is 2.20. The van der Waals surface area contributed by atoms with Crippen LogP contribution < -0.4 is 15.8 Å². The largest absolute Gasteiger partial charge is 0.483 e. The quantitative estimate of drug-likeness (QED) is 0.808. The van der Waals surface area contributed by atoms with Crippen LogP contribution in [0, 0.1) is 0 Å². The summed E-state index contributed by atoms with van der Waals surface area (Å²) in [6.45, 7) is 0.581. The maximum Gasteiger partial charge on any atom is 0.255 e. The molecule has 17 heavy (non-hydrogen) atoms. The lowest BCUT2D eigenvalue weighted by Gasteiger charge is -2.11. The van der Waals surface area contributed by atoms with Gasteiger partial charge in [0, 0.05) is 23.2 Å². The normalized spacial score (nSPS) is 14.6. The van der Waals surface area contributed by atoms with Crippen LogP contribution in [0.15, 0.2) is 18.2 Å². The summed E-state index contributed by atoms with van der Waals surface area (Å²) >= 11 is 5.94. The molecule has 0 aliphatic heterocycles. The van der Waals surface area contributed by atoms with Crippen LogP contribution in [0.4, 0.5) is 0 Å². The topological polar surface area (TPSA) is 64.4 Å². The van der Waals surface area contributed by atoms with E-state index in [-0.39, 0.29) is 6.61 Å². The molecule has 3 N–H and O–H groups in total. The number of carbonyl (C=O) groups excluding carboxylic acids is 1. The summed E-state index contributed by atoms with van der Waals surface area (Å²) in [5.74, 6) is 0.169. The number of rotatable bonds is 6. The number of ether oxygens (including phenoxy) is 1. The van der Waals surface area contributed by atoms with Crippen molar-refractivity contribution in [2.75, 3.05) is 6.61 Å². The summed E-state index contributed by atoms with van der Waals surface area (Å²) in [5.41, 5.74) is 6.00. The standard InChI is InChI=1S/C12H15ClN2O2/c13-9-1-4-11(17-7-12(14)16)8(5-9)6-15-10-2-3-10/h1,4-5,10,15H,2-3,6-7H2,(H2,14,16). The van der Waals surface area contributed by atoms with Gasteiger partial charge in [0.15, 0.2) is 6.61 Å². The molecule has 0 unspecified atom stereocenters. The number of carbonyl (C=O) groups is 1. The molecule has 1 aliphatic carbocycles. The lowest BCUT2D eigenvalue weighted by Crippen LogP contribution is -2.21. The number of halogens is 1. The zero-order valence-electron chi connectivity index (χ0n) is 9.41. The molecular weight excluding hydrogens is 240 g/mol. The molecule has 92 valence electrons. The van der Waals surface area contributed by atoms with Crippen molar-refractivity contribution in [3.05, 3.63) is 28.8 Å². The van der Waals surface area contributed by atoms with Crippen LogP contribution in [0.1, 0.15) is 18.4 Å². The highest BCUT2D eigenvalue weighted by atomic mass is 35.5. The van der Waals surface area contributed by atoms with E-state index in [0.717, 1.165) is 5.56 Å². The monoisotopic (exact) mass is 254 g/mol. The third-order valence-corrected chi connectivity index (χ3v) is 2.79. The molecule has 0 aromatic heterocycles. The molecule has 0 saturated heterocycles. The molecule has 4 nitrogen and oxygen atoms in total. The van der Waals surface area contributed by atoms with Crippen molar-refractivity contribution >= 4 is 17.5 Å². The van der Waals surface area contributed by atoms with E-state index in [1.165, 1.54) is 12.8 Å². The summed E-state index contributed by atoms with van der Waals surface area (Å²) in [6.07, 6.45) is 2.44. The van der Waals surface area contributed by atoms with Gasteiger partial charge in [-0.25, -0.2) is 0 Å². The summed E-state index contributed by atoms with van der Waals surface area (Å²) < 4.78 is 5.33. The highest BCUT2D eigenvalue weighted by molar-refractivity contribution is 6.30. The zero-order valence-corrected chi connectivity index (χ0v) is 10.2. The van der Waals surface area contributed by atoms with Crippen molar-refractivity contribution in [2.24, 2.45) is 5.73 Å². The Morgan fingerprint density at radius 2 is 2.29 bits per heavy atom. The Hall–Kier alpha value is -1.26. The second-order valence-corrected chi connectivity index (χ2v) is 4.60. The first-order valence-electron chi connectivity index (χ1n) is 5.58. The van der Waals surface area contributed by atoms with E-state index in [1.807, 2.05) is 6.07 Å². The van der Waals surface area contributed by atoms with E-state index in [1.54, 1.807) is 12.1 Å². The van der Waals surface area contributed by atoms with Crippen LogP contribution in [0.3, 0.4) is 0 Å². The fraction of sp³-hybridized carbons (Fsp3) is 0.417. The minimum atomic E-state index is -0.485. The number of nitrogens with one attached hydrogen (secondary N) is 1. The van der Waals surface area contributed by atoms with Crippen molar-refractivity contribution in [3.63, 3.8) is 0 Å². The lowest BCUT2D eigenvalue weighted by atomic mass is 10.2. The molecule has 1 amide bonds. The van der Waals surface area contributed by atoms with Gasteiger partial charge in [0.25, 0.3) is 5.91 Å². The number of nitrogens with two attached hydrogens (primary N) is 1. The van der Waals surface area contributed by atoms with Gasteiger partial charge in [0.1, 0.15) is 5.75 Å². The van der Waals surface area contributed by atoms with Gasteiger partial charge in [-0.2, -0.15) is 0 Å². The number of benzene rings is 1. The van der Waals surface area contributed by atoms with Gasteiger partial charge in [-0.05, 0) is 31.0 Å². The van der Waals surface area contributed by atoms with Gasteiger partial charge in [-0.3, -0.25) is 4.79 Å². The van der Waals surface area contributed by atoms with Crippen LogP contribution in [0.2, 0.25) is 5.02 Å². The van der Waals surface area contributed by atoms with Crippen LogP contribution in [0.5, 0.6) is 5.75 Å². The molecule has 5 heteroatoms. The maximum atomic E-state index is 10.7. The molecule has 1 aromatic rings. The molecule has 2 rings (SSSR count). The van der Waals surface area contributed by atoms with Crippen molar-refractivity contribution in [1.29, 1.82) is 0 Å². The Bertz CT molecular complexity index is 419. The summed E-state index contributed by atoms with van der Waals surface area (Å²) in [6, 6.07) is 5.94. The second kappa shape index (κ2) is 5.38. The average molecular weight is 255 g/mol. The lowest BCUT2D eigenvalue weighted by molar-refractivity contribution is -0.119. The number of hydrogen-bond donors (Lipinski definition) is 2. The molecule has 1 saturated carbocycles. The molecule has 0 heterocycles. The van der Waals surface area contributed by atoms with Crippen molar-refractivity contribution in [2.45, 2.75) is 25.4 Å². The first-order chi connectivity index (χ1) is 8.15. The zero-order chi connectivity index (χ0) is 12.3. The molecule has 0 radical (unpaired) electrons. The van der Waals surface area contributed by atoms with Crippen molar-refractivity contribution in [1.82, 2.24) is 5.32 Å². The van der Waals surface area contributed by atoms with Gasteiger partial charge >= 0.3 is 0 Å². The van der Waals surface area contributed by atoms with Gasteiger partial charge in [-0.15, -0.1) is 0 Å². The van der Waals surface area contributed by atoms with E-state index in [2.05, 4.69) is 5.32 Å². The Balaban J connectivity index is 2.02. The molecule has 1 fully saturated rings. The Morgan fingerprint density at radius 1 is 1.53 bits per heavy atom. The third kappa shape index (κ3) is 3.91. The Labute approximate surface area is 105 Å². The number of hydrogen-bond acceptors (Lipinski definition) is 3. The maximum absolute atomic E-state index is 10.7. The van der Waals surface area contributed by atoms with E-state index in [4.69, 9.17) is 22.1 Å². The average Bonchev–Trinajstić information content (AvgIpc) is 3.08. The molecule has 0 bridgehead atoms. The first-order valence-corrected chi connectivity index (χ1v) is 5.96. The van der Waals surface area contributed by atoms with Gasteiger partial charge < -0.3 is 15.8 Å². The third-order valence-electron chi connectivity index (χ3n) is 2.55. The van der Waals surface area contributed by atoms with Gasteiger partial charge in [0.2, 0.25) is 0 Å². The Kier molecular flexibility index (Phi) is 3.86.